The van der Waals surface area contributed by atoms with Gasteiger partial charge in [-0.1, -0.05) is 42.5 Å². The first-order valence-electron chi connectivity index (χ1n) is 7.50. The predicted molar refractivity (Wildman–Crippen MR) is 97.1 cm³/mol. The standard InChI is InChI=1S/C19H18N2OS/c1-13-10-11-18(23-13)14(2)20-21-19(22)12-16-8-5-7-15-6-3-4-9-17(15)16/h3-11H,12H2,1-2H3,(H,21,22)/b20-14+. The van der Waals surface area contributed by atoms with Crippen LogP contribution in [0.2, 0.25) is 0 Å². The van der Waals surface area contributed by atoms with Crippen LogP contribution in [0.1, 0.15) is 22.2 Å². The van der Waals surface area contributed by atoms with E-state index in [0.717, 1.165) is 26.9 Å². The first-order chi connectivity index (χ1) is 11.1. The van der Waals surface area contributed by atoms with Crippen molar-refractivity contribution in [1.82, 2.24) is 5.43 Å². The van der Waals surface area contributed by atoms with Crippen LogP contribution in [0.15, 0.2) is 59.7 Å². The van der Waals surface area contributed by atoms with Crippen LogP contribution in [0.5, 0.6) is 0 Å². The maximum atomic E-state index is 12.2. The van der Waals surface area contributed by atoms with Crippen molar-refractivity contribution in [2.45, 2.75) is 20.3 Å². The average molecular weight is 322 g/mol. The van der Waals surface area contributed by atoms with Crippen LogP contribution in [-0.4, -0.2) is 11.6 Å². The zero-order valence-electron chi connectivity index (χ0n) is 13.2. The molecular weight excluding hydrogens is 304 g/mol. The second-order valence-electron chi connectivity index (χ2n) is 5.46. The van der Waals surface area contributed by atoms with Crippen molar-refractivity contribution in [2.75, 3.05) is 0 Å². The summed E-state index contributed by atoms with van der Waals surface area (Å²) in [5, 5.41) is 6.47. The molecule has 1 aromatic heterocycles. The number of amides is 1. The number of hydrogen-bond donors (Lipinski definition) is 1. The van der Waals surface area contributed by atoms with E-state index in [1.54, 1.807) is 11.3 Å². The Balaban J connectivity index is 1.72. The predicted octanol–water partition coefficient (Wildman–Crippen LogP) is 4.29. The van der Waals surface area contributed by atoms with Gasteiger partial charge in [-0.05, 0) is 42.3 Å². The minimum atomic E-state index is -0.103. The van der Waals surface area contributed by atoms with Crippen LogP contribution in [-0.2, 0) is 11.2 Å². The molecule has 116 valence electrons. The lowest BCUT2D eigenvalue weighted by Crippen LogP contribution is -2.21. The van der Waals surface area contributed by atoms with Crippen molar-refractivity contribution in [3.63, 3.8) is 0 Å². The van der Waals surface area contributed by atoms with E-state index in [2.05, 4.69) is 35.7 Å². The summed E-state index contributed by atoms with van der Waals surface area (Å²) in [6.45, 7) is 3.96. The lowest BCUT2D eigenvalue weighted by molar-refractivity contribution is -0.120. The molecule has 3 aromatic rings. The normalized spacial score (nSPS) is 11.7. The van der Waals surface area contributed by atoms with Gasteiger partial charge in [0.1, 0.15) is 0 Å². The van der Waals surface area contributed by atoms with Gasteiger partial charge in [-0.2, -0.15) is 5.10 Å². The number of aryl methyl sites for hydroxylation is 1. The fourth-order valence-electron chi connectivity index (χ4n) is 2.49. The van der Waals surface area contributed by atoms with Crippen molar-refractivity contribution in [2.24, 2.45) is 5.10 Å². The Morgan fingerprint density at radius 3 is 2.65 bits per heavy atom. The van der Waals surface area contributed by atoms with Crippen molar-refractivity contribution in [3.05, 3.63) is 69.9 Å². The van der Waals surface area contributed by atoms with Gasteiger partial charge in [-0.25, -0.2) is 5.43 Å². The second-order valence-corrected chi connectivity index (χ2v) is 6.75. The molecule has 0 saturated heterocycles. The average Bonchev–Trinajstić information content (AvgIpc) is 2.99. The highest BCUT2D eigenvalue weighted by molar-refractivity contribution is 7.14. The summed E-state index contributed by atoms with van der Waals surface area (Å²) >= 11 is 1.67. The Bertz CT molecular complexity index is 874. The van der Waals surface area contributed by atoms with Crippen LogP contribution in [0, 0.1) is 6.92 Å². The van der Waals surface area contributed by atoms with Gasteiger partial charge in [0.25, 0.3) is 0 Å². The highest BCUT2D eigenvalue weighted by Crippen LogP contribution is 2.19. The quantitative estimate of drug-likeness (QED) is 0.565. The van der Waals surface area contributed by atoms with Gasteiger partial charge in [0.15, 0.2) is 0 Å². The summed E-state index contributed by atoms with van der Waals surface area (Å²) in [6, 6.07) is 18.2. The Kier molecular flexibility index (Phi) is 4.53. The number of carbonyl (C=O) groups excluding carboxylic acids is 1. The molecule has 2 aromatic carbocycles. The van der Waals surface area contributed by atoms with Crippen LogP contribution in [0.4, 0.5) is 0 Å². The Morgan fingerprint density at radius 1 is 1.09 bits per heavy atom. The fourth-order valence-corrected chi connectivity index (χ4v) is 3.30. The van der Waals surface area contributed by atoms with E-state index in [-0.39, 0.29) is 5.91 Å². The summed E-state index contributed by atoms with van der Waals surface area (Å²) in [7, 11) is 0. The van der Waals surface area contributed by atoms with Gasteiger partial charge in [0.05, 0.1) is 17.0 Å². The smallest absolute Gasteiger partial charge is 0.244 e. The molecule has 0 fully saturated rings. The molecule has 0 aliphatic heterocycles. The van der Waals surface area contributed by atoms with E-state index in [4.69, 9.17) is 0 Å². The molecule has 0 radical (unpaired) electrons. The zero-order chi connectivity index (χ0) is 16.2. The molecule has 23 heavy (non-hydrogen) atoms. The van der Waals surface area contributed by atoms with Crippen molar-refractivity contribution in [1.29, 1.82) is 0 Å². The molecule has 3 rings (SSSR count). The lowest BCUT2D eigenvalue weighted by Gasteiger charge is -2.06. The highest BCUT2D eigenvalue weighted by Gasteiger charge is 2.07. The van der Waals surface area contributed by atoms with Crippen LogP contribution in [0.3, 0.4) is 0 Å². The van der Waals surface area contributed by atoms with Gasteiger partial charge in [-0.15, -0.1) is 11.3 Å². The van der Waals surface area contributed by atoms with Gasteiger partial charge < -0.3 is 0 Å². The topological polar surface area (TPSA) is 41.5 Å². The van der Waals surface area contributed by atoms with Gasteiger partial charge >= 0.3 is 0 Å². The first-order valence-corrected chi connectivity index (χ1v) is 8.32. The Morgan fingerprint density at radius 2 is 1.87 bits per heavy atom. The third-order valence-corrected chi connectivity index (χ3v) is 4.79. The largest absolute Gasteiger partial charge is 0.273 e. The number of hydrazone groups is 1. The van der Waals surface area contributed by atoms with E-state index < -0.39 is 0 Å². The molecule has 0 bridgehead atoms. The summed E-state index contributed by atoms with van der Waals surface area (Å²) < 4.78 is 0. The van der Waals surface area contributed by atoms with E-state index in [0.29, 0.717) is 6.42 Å². The zero-order valence-corrected chi connectivity index (χ0v) is 14.0. The molecule has 1 amide bonds. The van der Waals surface area contributed by atoms with Crippen molar-refractivity contribution >= 4 is 33.7 Å². The number of hydrogen-bond acceptors (Lipinski definition) is 3. The van der Waals surface area contributed by atoms with E-state index in [1.165, 1.54) is 4.88 Å². The monoisotopic (exact) mass is 322 g/mol. The third kappa shape index (κ3) is 3.66. The number of carbonyl (C=O) groups is 1. The number of nitrogens with zero attached hydrogens (tertiary/aromatic N) is 1. The molecule has 0 aliphatic rings. The molecule has 0 aliphatic carbocycles. The fraction of sp³-hybridized carbons (Fsp3) is 0.158. The first kappa shape index (κ1) is 15.4. The van der Waals surface area contributed by atoms with Crippen molar-refractivity contribution in [3.8, 4) is 0 Å². The minimum absolute atomic E-state index is 0.103. The maximum absolute atomic E-state index is 12.2. The minimum Gasteiger partial charge on any atom is -0.273 e. The molecular formula is C19H18N2OS. The van der Waals surface area contributed by atoms with Crippen LogP contribution in [0.25, 0.3) is 10.8 Å². The lowest BCUT2D eigenvalue weighted by atomic mass is 10.0. The molecule has 4 heteroatoms. The Hall–Kier alpha value is -2.46. The number of thiophene rings is 1. The number of nitrogens with one attached hydrogen (secondary N) is 1. The molecule has 0 saturated carbocycles. The summed E-state index contributed by atoms with van der Waals surface area (Å²) in [6.07, 6.45) is 0.321. The van der Waals surface area contributed by atoms with Gasteiger partial charge in [0, 0.05) is 4.88 Å². The van der Waals surface area contributed by atoms with Crippen LogP contribution < -0.4 is 5.43 Å². The van der Waals surface area contributed by atoms with E-state index in [1.807, 2.05) is 43.3 Å². The molecule has 3 nitrogen and oxygen atoms in total. The van der Waals surface area contributed by atoms with Gasteiger partial charge in [0.2, 0.25) is 5.91 Å². The number of fused-ring (bicyclic) bond motifs is 1. The number of benzene rings is 2. The Labute approximate surface area is 139 Å². The van der Waals surface area contributed by atoms with Gasteiger partial charge in [-0.3, -0.25) is 4.79 Å². The third-order valence-electron chi connectivity index (χ3n) is 3.68. The number of rotatable bonds is 4. The molecule has 1 heterocycles. The molecule has 1 N–H and O–H groups in total. The summed E-state index contributed by atoms with van der Waals surface area (Å²) in [5.41, 5.74) is 4.50. The second kappa shape index (κ2) is 6.75. The molecule has 0 atom stereocenters. The highest BCUT2D eigenvalue weighted by atomic mass is 32.1. The van der Waals surface area contributed by atoms with E-state index >= 15 is 0 Å². The molecule has 0 spiro atoms. The van der Waals surface area contributed by atoms with Crippen LogP contribution >= 0.6 is 11.3 Å². The van der Waals surface area contributed by atoms with E-state index in [9.17, 15) is 4.79 Å². The maximum Gasteiger partial charge on any atom is 0.244 e. The van der Waals surface area contributed by atoms with Crippen molar-refractivity contribution < 1.29 is 4.79 Å². The summed E-state index contributed by atoms with van der Waals surface area (Å²) in [5.74, 6) is -0.103. The summed E-state index contributed by atoms with van der Waals surface area (Å²) in [4.78, 5) is 14.5. The molecule has 0 unspecified atom stereocenters. The SMILES string of the molecule is C/C(=N\NC(=O)Cc1cccc2ccccc12)c1ccc(C)s1.